The fraction of sp³-hybridized carbons (Fsp3) is 0.143. The maximum atomic E-state index is 9.34. The lowest BCUT2D eigenvalue weighted by atomic mass is 10.1. The second-order valence-corrected chi connectivity index (χ2v) is 4.84. The van der Waals surface area contributed by atoms with Gasteiger partial charge in [0.2, 0.25) is 0 Å². The van der Waals surface area contributed by atoms with Crippen molar-refractivity contribution in [2.24, 2.45) is 0 Å². The molecule has 2 rings (SSSR count). The molecule has 88 valence electrons. The van der Waals surface area contributed by atoms with Crippen LogP contribution in [0.3, 0.4) is 0 Å². The minimum absolute atomic E-state index is 0.280. The molecular weight excluding hydrogens is 278 g/mol. The molecular formula is C14H14BrNO. The molecule has 0 amide bonds. The number of anilines is 1. The number of rotatable bonds is 3. The van der Waals surface area contributed by atoms with Crippen molar-refractivity contribution >= 4 is 21.6 Å². The Labute approximate surface area is 109 Å². The summed E-state index contributed by atoms with van der Waals surface area (Å²) in [4.78, 5) is 0. The molecule has 17 heavy (non-hydrogen) atoms. The van der Waals surface area contributed by atoms with Crippen LogP contribution >= 0.6 is 15.9 Å². The minimum atomic E-state index is 0.280. The first kappa shape index (κ1) is 12.0. The Morgan fingerprint density at radius 3 is 2.71 bits per heavy atom. The first-order chi connectivity index (χ1) is 8.15. The van der Waals surface area contributed by atoms with Gasteiger partial charge in [0.05, 0.1) is 0 Å². The van der Waals surface area contributed by atoms with Crippen molar-refractivity contribution in [1.29, 1.82) is 0 Å². The number of phenolic OH excluding ortho intramolecular Hbond substituents is 1. The van der Waals surface area contributed by atoms with Gasteiger partial charge >= 0.3 is 0 Å². The Morgan fingerprint density at radius 2 is 2.00 bits per heavy atom. The third kappa shape index (κ3) is 3.24. The number of aromatic hydroxyl groups is 1. The molecule has 0 aromatic heterocycles. The van der Waals surface area contributed by atoms with Crippen LogP contribution < -0.4 is 5.32 Å². The second-order valence-electron chi connectivity index (χ2n) is 3.99. The molecule has 0 heterocycles. The average Bonchev–Trinajstić information content (AvgIpc) is 2.31. The molecule has 0 radical (unpaired) electrons. The van der Waals surface area contributed by atoms with Gasteiger partial charge < -0.3 is 10.4 Å². The second kappa shape index (κ2) is 5.23. The minimum Gasteiger partial charge on any atom is -0.508 e. The van der Waals surface area contributed by atoms with Crippen molar-refractivity contribution in [3.63, 3.8) is 0 Å². The van der Waals surface area contributed by atoms with Crippen molar-refractivity contribution in [3.05, 3.63) is 58.1 Å². The van der Waals surface area contributed by atoms with Crippen LogP contribution in [0.25, 0.3) is 0 Å². The number of hydrogen-bond donors (Lipinski definition) is 2. The SMILES string of the molecule is Cc1cc(CNc2cccc(O)c2)ccc1Br. The molecule has 0 spiro atoms. The molecule has 0 aliphatic heterocycles. The Morgan fingerprint density at radius 1 is 1.18 bits per heavy atom. The zero-order chi connectivity index (χ0) is 12.3. The van der Waals surface area contributed by atoms with Crippen molar-refractivity contribution in [1.82, 2.24) is 0 Å². The summed E-state index contributed by atoms with van der Waals surface area (Å²) in [6.07, 6.45) is 0. The number of hydrogen-bond acceptors (Lipinski definition) is 2. The van der Waals surface area contributed by atoms with Gasteiger partial charge in [0.25, 0.3) is 0 Å². The van der Waals surface area contributed by atoms with E-state index in [1.165, 1.54) is 11.1 Å². The van der Waals surface area contributed by atoms with Crippen LogP contribution in [0.4, 0.5) is 5.69 Å². The largest absolute Gasteiger partial charge is 0.508 e. The molecule has 0 aliphatic rings. The normalized spacial score (nSPS) is 10.2. The Bertz CT molecular complexity index is 525. The summed E-state index contributed by atoms with van der Waals surface area (Å²) in [7, 11) is 0. The molecule has 0 fully saturated rings. The van der Waals surface area contributed by atoms with E-state index in [1.54, 1.807) is 12.1 Å². The number of aryl methyl sites for hydroxylation is 1. The Balaban J connectivity index is 2.05. The molecule has 2 aromatic carbocycles. The quantitative estimate of drug-likeness (QED) is 0.893. The summed E-state index contributed by atoms with van der Waals surface area (Å²) in [6, 6.07) is 13.4. The van der Waals surface area contributed by atoms with Gasteiger partial charge in [-0.1, -0.05) is 34.1 Å². The lowest BCUT2D eigenvalue weighted by molar-refractivity contribution is 0.475. The molecule has 0 saturated heterocycles. The van der Waals surface area contributed by atoms with E-state index in [1.807, 2.05) is 12.1 Å². The maximum Gasteiger partial charge on any atom is 0.117 e. The van der Waals surface area contributed by atoms with Gasteiger partial charge in [0.15, 0.2) is 0 Å². The van der Waals surface area contributed by atoms with Crippen molar-refractivity contribution in [2.75, 3.05) is 5.32 Å². The highest BCUT2D eigenvalue weighted by molar-refractivity contribution is 9.10. The van der Waals surface area contributed by atoms with E-state index in [-0.39, 0.29) is 5.75 Å². The van der Waals surface area contributed by atoms with Crippen LogP contribution in [0.15, 0.2) is 46.9 Å². The van der Waals surface area contributed by atoms with E-state index in [4.69, 9.17) is 0 Å². The predicted molar refractivity (Wildman–Crippen MR) is 74.3 cm³/mol. The highest BCUT2D eigenvalue weighted by Crippen LogP contribution is 2.19. The van der Waals surface area contributed by atoms with Gasteiger partial charge in [-0.05, 0) is 36.2 Å². The van der Waals surface area contributed by atoms with E-state index in [9.17, 15) is 5.11 Å². The van der Waals surface area contributed by atoms with E-state index in [0.29, 0.717) is 0 Å². The molecule has 0 atom stereocenters. The standard InChI is InChI=1S/C14H14BrNO/c1-10-7-11(5-6-14(10)15)9-16-12-3-2-4-13(17)8-12/h2-8,16-17H,9H2,1H3. The zero-order valence-corrected chi connectivity index (χ0v) is 11.2. The Hall–Kier alpha value is -1.48. The summed E-state index contributed by atoms with van der Waals surface area (Å²) in [6.45, 7) is 2.82. The Kier molecular flexibility index (Phi) is 3.69. The number of halogens is 1. The fourth-order valence-electron chi connectivity index (χ4n) is 1.64. The highest BCUT2D eigenvalue weighted by Gasteiger charge is 1.98. The van der Waals surface area contributed by atoms with Crippen LogP contribution in [0, 0.1) is 6.92 Å². The number of nitrogens with one attached hydrogen (secondary N) is 1. The monoisotopic (exact) mass is 291 g/mol. The molecule has 2 aromatic rings. The van der Waals surface area contributed by atoms with Crippen LogP contribution in [0.1, 0.15) is 11.1 Å². The summed E-state index contributed by atoms with van der Waals surface area (Å²) in [5.74, 6) is 0.280. The predicted octanol–water partition coefficient (Wildman–Crippen LogP) is 4.08. The zero-order valence-electron chi connectivity index (χ0n) is 9.57. The van der Waals surface area contributed by atoms with Crippen molar-refractivity contribution < 1.29 is 5.11 Å². The molecule has 2 N–H and O–H groups in total. The molecule has 0 aliphatic carbocycles. The molecule has 2 nitrogen and oxygen atoms in total. The molecule has 0 bridgehead atoms. The number of phenols is 1. The average molecular weight is 292 g/mol. The third-order valence-corrected chi connectivity index (χ3v) is 3.45. The summed E-state index contributed by atoms with van der Waals surface area (Å²) in [5.41, 5.74) is 3.36. The molecule has 3 heteroatoms. The van der Waals surface area contributed by atoms with Gasteiger partial charge in [-0.25, -0.2) is 0 Å². The van der Waals surface area contributed by atoms with E-state index in [2.05, 4.69) is 46.4 Å². The summed E-state index contributed by atoms with van der Waals surface area (Å²) in [5, 5.41) is 12.6. The maximum absolute atomic E-state index is 9.34. The first-order valence-electron chi connectivity index (χ1n) is 5.43. The van der Waals surface area contributed by atoms with Gasteiger partial charge in [0, 0.05) is 22.8 Å². The van der Waals surface area contributed by atoms with Crippen LogP contribution in [-0.4, -0.2) is 5.11 Å². The lowest BCUT2D eigenvalue weighted by Crippen LogP contribution is -1.99. The van der Waals surface area contributed by atoms with Gasteiger partial charge in [-0.2, -0.15) is 0 Å². The van der Waals surface area contributed by atoms with Gasteiger partial charge in [0.1, 0.15) is 5.75 Å². The van der Waals surface area contributed by atoms with E-state index in [0.717, 1.165) is 16.7 Å². The van der Waals surface area contributed by atoms with Crippen molar-refractivity contribution in [2.45, 2.75) is 13.5 Å². The topological polar surface area (TPSA) is 32.3 Å². The highest BCUT2D eigenvalue weighted by atomic mass is 79.9. The summed E-state index contributed by atoms with van der Waals surface area (Å²) >= 11 is 3.48. The van der Waals surface area contributed by atoms with E-state index < -0.39 is 0 Å². The molecule has 0 unspecified atom stereocenters. The van der Waals surface area contributed by atoms with Gasteiger partial charge in [-0.3, -0.25) is 0 Å². The molecule has 0 saturated carbocycles. The lowest BCUT2D eigenvalue weighted by Gasteiger charge is -2.08. The van der Waals surface area contributed by atoms with E-state index >= 15 is 0 Å². The number of benzene rings is 2. The summed E-state index contributed by atoms with van der Waals surface area (Å²) < 4.78 is 1.12. The first-order valence-corrected chi connectivity index (χ1v) is 6.22. The van der Waals surface area contributed by atoms with Gasteiger partial charge in [-0.15, -0.1) is 0 Å². The fourth-order valence-corrected chi connectivity index (χ4v) is 1.88. The van der Waals surface area contributed by atoms with Crippen LogP contribution in [-0.2, 0) is 6.54 Å². The van der Waals surface area contributed by atoms with Crippen molar-refractivity contribution in [3.8, 4) is 5.75 Å². The van der Waals surface area contributed by atoms with Crippen LogP contribution in [0.2, 0.25) is 0 Å². The van der Waals surface area contributed by atoms with Crippen LogP contribution in [0.5, 0.6) is 5.75 Å². The third-order valence-electron chi connectivity index (χ3n) is 2.57. The smallest absolute Gasteiger partial charge is 0.117 e.